The molecule has 0 spiro atoms. The lowest BCUT2D eigenvalue weighted by atomic mass is 10.1. The van der Waals surface area contributed by atoms with Gasteiger partial charge in [0.1, 0.15) is 12.1 Å². The monoisotopic (exact) mass is 348 g/mol. The molecule has 0 amide bonds. The molecule has 0 aliphatic rings. The first-order valence-corrected chi connectivity index (χ1v) is 8.57. The van der Waals surface area contributed by atoms with Gasteiger partial charge in [0.25, 0.3) is 0 Å². The number of hydrogen-bond acceptors (Lipinski definition) is 3. The first-order chi connectivity index (χ1) is 12.3. The zero-order valence-corrected chi connectivity index (χ0v) is 14.5. The maximum Gasteiger partial charge on any atom is 0.150 e. The Kier molecular flexibility index (Phi) is 4.12. The molecule has 0 fully saturated rings. The van der Waals surface area contributed by atoms with E-state index in [0.717, 1.165) is 40.2 Å². The lowest BCUT2D eigenvalue weighted by Crippen LogP contribution is -2.01. The van der Waals surface area contributed by atoms with Gasteiger partial charge in [0, 0.05) is 29.0 Å². The van der Waals surface area contributed by atoms with Crippen LogP contribution in [0.3, 0.4) is 0 Å². The van der Waals surface area contributed by atoms with Gasteiger partial charge in [-0.15, -0.1) is 0 Å². The third kappa shape index (κ3) is 2.85. The smallest absolute Gasteiger partial charge is 0.150 e. The van der Waals surface area contributed by atoms with Crippen LogP contribution in [-0.2, 0) is 0 Å². The lowest BCUT2D eigenvalue weighted by Gasteiger charge is -2.07. The van der Waals surface area contributed by atoms with Gasteiger partial charge in [-0.25, -0.2) is 9.97 Å². The Morgan fingerprint density at radius 2 is 1.88 bits per heavy atom. The summed E-state index contributed by atoms with van der Waals surface area (Å²) in [6.45, 7) is 2.85. The molecule has 1 N–H and O–H groups in total. The summed E-state index contributed by atoms with van der Waals surface area (Å²) in [5, 5.41) is 5.05. The van der Waals surface area contributed by atoms with Crippen molar-refractivity contribution in [3.05, 3.63) is 72.1 Å². The second-order valence-electron chi connectivity index (χ2n) is 5.71. The maximum atomic E-state index is 6.19. The van der Waals surface area contributed by atoms with Crippen LogP contribution in [0.4, 0.5) is 5.82 Å². The molecule has 0 aliphatic carbocycles. The molecule has 2 heterocycles. The van der Waals surface area contributed by atoms with Gasteiger partial charge in [-0.1, -0.05) is 48.0 Å². The largest absolute Gasteiger partial charge is 0.370 e. The number of nitrogens with one attached hydrogen (secondary N) is 1. The Morgan fingerprint density at radius 3 is 2.64 bits per heavy atom. The molecule has 2 aromatic carbocycles. The van der Waals surface area contributed by atoms with Gasteiger partial charge < -0.3 is 9.88 Å². The Balaban J connectivity index is 2.04. The van der Waals surface area contributed by atoms with E-state index in [1.807, 2.05) is 42.5 Å². The van der Waals surface area contributed by atoms with Gasteiger partial charge >= 0.3 is 0 Å². The van der Waals surface area contributed by atoms with Gasteiger partial charge in [-0.05, 0) is 30.7 Å². The van der Waals surface area contributed by atoms with E-state index < -0.39 is 0 Å². The third-order valence-corrected chi connectivity index (χ3v) is 4.33. The van der Waals surface area contributed by atoms with Crippen molar-refractivity contribution in [2.24, 2.45) is 0 Å². The third-order valence-electron chi connectivity index (χ3n) is 4.10. The van der Waals surface area contributed by atoms with Crippen molar-refractivity contribution < 1.29 is 0 Å². The topological polar surface area (TPSA) is 42.7 Å². The molecule has 4 nitrogen and oxygen atoms in total. The Labute approximate surface area is 151 Å². The SMILES string of the molecule is CCNc1ncnc2c1c(-c1ccccc1)cn2-c1cccc(Cl)c1. The predicted molar refractivity (Wildman–Crippen MR) is 103 cm³/mol. The van der Waals surface area contributed by atoms with Crippen LogP contribution >= 0.6 is 11.6 Å². The van der Waals surface area contributed by atoms with Gasteiger partial charge in [0.2, 0.25) is 0 Å². The summed E-state index contributed by atoms with van der Waals surface area (Å²) in [6, 6.07) is 18.1. The molecule has 4 aromatic rings. The van der Waals surface area contributed by atoms with Crippen molar-refractivity contribution in [1.29, 1.82) is 0 Å². The van der Waals surface area contributed by atoms with Crippen molar-refractivity contribution >= 4 is 28.5 Å². The minimum atomic E-state index is 0.696. The zero-order chi connectivity index (χ0) is 17.2. The van der Waals surface area contributed by atoms with E-state index in [0.29, 0.717) is 5.02 Å². The van der Waals surface area contributed by atoms with Gasteiger partial charge in [-0.3, -0.25) is 0 Å². The average Bonchev–Trinajstić information content (AvgIpc) is 3.03. The van der Waals surface area contributed by atoms with Crippen LogP contribution in [0.2, 0.25) is 5.02 Å². The van der Waals surface area contributed by atoms with Crippen LogP contribution in [-0.4, -0.2) is 21.1 Å². The molecule has 5 heteroatoms. The fourth-order valence-electron chi connectivity index (χ4n) is 3.02. The number of halogens is 1. The molecular weight excluding hydrogens is 332 g/mol. The average molecular weight is 349 g/mol. The van der Waals surface area contributed by atoms with E-state index in [4.69, 9.17) is 11.6 Å². The minimum Gasteiger partial charge on any atom is -0.370 e. The number of fused-ring (bicyclic) bond motifs is 1. The summed E-state index contributed by atoms with van der Waals surface area (Å²) >= 11 is 6.19. The summed E-state index contributed by atoms with van der Waals surface area (Å²) in [6.07, 6.45) is 3.69. The van der Waals surface area contributed by atoms with Crippen LogP contribution in [0.5, 0.6) is 0 Å². The fourth-order valence-corrected chi connectivity index (χ4v) is 3.21. The van der Waals surface area contributed by atoms with Crippen LogP contribution in [0.25, 0.3) is 27.8 Å². The van der Waals surface area contributed by atoms with E-state index in [-0.39, 0.29) is 0 Å². The summed E-state index contributed by atoms with van der Waals surface area (Å²) < 4.78 is 2.06. The molecule has 4 rings (SSSR count). The van der Waals surface area contributed by atoms with Crippen molar-refractivity contribution in [1.82, 2.24) is 14.5 Å². The first kappa shape index (κ1) is 15.7. The van der Waals surface area contributed by atoms with E-state index in [1.165, 1.54) is 0 Å². The second kappa shape index (κ2) is 6.57. The zero-order valence-electron chi connectivity index (χ0n) is 13.8. The van der Waals surface area contributed by atoms with Crippen molar-refractivity contribution in [2.45, 2.75) is 6.92 Å². The van der Waals surface area contributed by atoms with Crippen molar-refractivity contribution in [3.63, 3.8) is 0 Å². The summed E-state index contributed by atoms with van der Waals surface area (Å²) in [5.74, 6) is 0.840. The predicted octanol–water partition coefficient (Wildman–Crippen LogP) is 5.17. The highest BCUT2D eigenvalue weighted by Gasteiger charge is 2.17. The molecule has 124 valence electrons. The highest BCUT2D eigenvalue weighted by molar-refractivity contribution is 6.30. The number of benzene rings is 2. The molecule has 0 radical (unpaired) electrons. The van der Waals surface area contributed by atoms with Gasteiger partial charge in [0.05, 0.1) is 5.39 Å². The summed E-state index contributed by atoms with van der Waals surface area (Å²) in [4.78, 5) is 8.99. The minimum absolute atomic E-state index is 0.696. The van der Waals surface area contributed by atoms with E-state index in [9.17, 15) is 0 Å². The molecule has 0 saturated heterocycles. The maximum absolute atomic E-state index is 6.19. The highest BCUT2D eigenvalue weighted by atomic mass is 35.5. The second-order valence-corrected chi connectivity index (χ2v) is 6.15. The number of aromatic nitrogens is 3. The molecule has 0 aliphatic heterocycles. The Bertz CT molecular complexity index is 1020. The standard InChI is InChI=1S/C20H17ClN4/c1-2-22-19-18-17(14-7-4-3-5-8-14)12-25(20(18)24-13-23-19)16-10-6-9-15(21)11-16/h3-13H,2H2,1H3,(H,22,23,24). The lowest BCUT2D eigenvalue weighted by molar-refractivity contribution is 1.07. The highest BCUT2D eigenvalue weighted by Crippen LogP contribution is 2.35. The van der Waals surface area contributed by atoms with Crippen molar-refractivity contribution in [3.8, 4) is 16.8 Å². The van der Waals surface area contributed by atoms with Crippen LogP contribution < -0.4 is 5.32 Å². The fraction of sp³-hybridized carbons (Fsp3) is 0.100. The number of anilines is 1. The molecule has 0 bridgehead atoms. The van der Waals surface area contributed by atoms with Crippen LogP contribution in [0, 0.1) is 0 Å². The molecule has 2 aromatic heterocycles. The Hall–Kier alpha value is -2.85. The van der Waals surface area contributed by atoms with Gasteiger partial charge in [0.15, 0.2) is 5.65 Å². The van der Waals surface area contributed by atoms with E-state index in [2.05, 4.69) is 45.1 Å². The van der Waals surface area contributed by atoms with Gasteiger partial charge in [-0.2, -0.15) is 0 Å². The summed E-state index contributed by atoms with van der Waals surface area (Å²) in [5.41, 5.74) is 4.04. The van der Waals surface area contributed by atoms with Crippen LogP contribution in [0.15, 0.2) is 67.1 Å². The number of nitrogens with zero attached hydrogens (tertiary/aromatic N) is 3. The quantitative estimate of drug-likeness (QED) is 0.553. The summed E-state index contributed by atoms with van der Waals surface area (Å²) in [7, 11) is 0. The Morgan fingerprint density at radius 1 is 1.04 bits per heavy atom. The van der Waals surface area contributed by atoms with E-state index in [1.54, 1.807) is 6.33 Å². The molecular formula is C20H17ClN4. The number of rotatable bonds is 4. The van der Waals surface area contributed by atoms with Crippen LogP contribution in [0.1, 0.15) is 6.92 Å². The van der Waals surface area contributed by atoms with Crippen molar-refractivity contribution in [2.75, 3.05) is 11.9 Å². The molecule has 25 heavy (non-hydrogen) atoms. The molecule has 0 unspecified atom stereocenters. The normalized spacial score (nSPS) is 11.0. The van der Waals surface area contributed by atoms with E-state index >= 15 is 0 Å². The molecule has 0 saturated carbocycles. The first-order valence-electron chi connectivity index (χ1n) is 8.19. The number of hydrogen-bond donors (Lipinski definition) is 1. The molecule has 0 atom stereocenters.